The van der Waals surface area contributed by atoms with Gasteiger partial charge in [0.05, 0.1) is 11.6 Å². The van der Waals surface area contributed by atoms with Crippen LogP contribution < -0.4 is 14.2 Å². The number of likely N-dealkylation sites (tertiary alicyclic amines) is 1. The first-order valence-corrected chi connectivity index (χ1v) is 13.7. The fourth-order valence-electron chi connectivity index (χ4n) is 5.18. The van der Waals surface area contributed by atoms with Crippen molar-refractivity contribution in [1.29, 1.82) is 0 Å². The monoisotopic (exact) mass is 542 g/mol. The van der Waals surface area contributed by atoms with Gasteiger partial charge in [0.25, 0.3) is 11.7 Å². The van der Waals surface area contributed by atoms with Gasteiger partial charge in [0.15, 0.2) is 11.5 Å². The summed E-state index contributed by atoms with van der Waals surface area (Å²) >= 11 is 0. The fraction of sp³-hybridized carbons (Fsp3) is 0.312. The van der Waals surface area contributed by atoms with E-state index >= 15 is 0 Å². The molecular formula is C32H34N2O6. The van der Waals surface area contributed by atoms with Crippen LogP contribution >= 0.6 is 0 Å². The molecule has 0 radical (unpaired) electrons. The molecule has 8 heteroatoms. The Morgan fingerprint density at radius 1 is 0.925 bits per heavy atom. The van der Waals surface area contributed by atoms with Crippen LogP contribution in [0.1, 0.15) is 37.4 Å². The van der Waals surface area contributed by atoms with Gasteiger partial charge in [0, 0.05) is 12.1 Å². The van der Waals surface area contributed by atoms with Crippen molar-refractivity contribution in [2.24, 2.45) is 0 Å². The molecule has 208 valence electrons. The Morgan fingerprint density at radius 3 is 2.40 bits per heavy atom. The van der Waals surface area contributed by atoms with E-state index in [1.54, 1.807) is 23.1 Å². The van der Waals surface area contributed by atoms with Crippen molar-refractivity contribution in [3.05, 3.63) is 89.5 Å². The number of rotatable bonds is 10. The largest absolute Gasteiger partial charge is 0.507 e. The van der Waals surface area contributed by atoms with Gasteiger partial charge in [-0.15, -0.1) is 0 Å². The number of ketones is 1. The summed E-state index contributed by atoms with van der Waals surface area (Å²) in [5, 5.41) is 11.5. The van der Waals surface area contributed by atoms with Gasteiger partial charge in [-0.1, -0.05) is 44.2 Å². The first-order valence-electron chi connectivity index (χ1n) is 13.7. The first kappa shape index (κ1) is 27.3. The zero-order valence-corrected chi connectivity index (χ0v) is 22.8. The van der Waals surface area contributed by atoms with Crippen LogP contribution in [0.3, 0.4) is 0 Å². The van der Waals surface area contributed by atoms with Crippen molar-refractivity contribution >= 4 is 17.4 Å². The van der Waals surface area contributed by atoms with E-state index in [9.17, 15) is 14.7 Å². The maximum Gasteiger partial charge on any atom is 0.295 e. The van der Waals surface area contributed by atoms with Gasteiger partial charge in [-0.2, -0.15) is 0 Å². The average molecular weight is 543 g/mol. The highest BCUT2D eigenvalue weighted by atomic mass is 16.6. The molecule has 2 aliphatic rings. The molecule has 1 fully saturated rings. The molecule has 5 rings (SSSR count). The molecule has 1 N–H and O–H groups in total. The number of aliphatic hydroxyl groups is 1. The smallest absolute Gasteiger partial charge is 0.295 e. The Bertz CT molecular complexity index is 1400. The van der Waals surface area contributed by atoms with Gasteiger partial charge >= 0.3 is 0 Å². The van der Waals surface area contributed by atoms with Crippen LogP contribution in [-0.4, -0.2) is 66.0 Å². The Labute approximate surface area is 234 Å². The number of ether oxygens (including phenoxy) is 3. The van der Waals surface area contributed by atoms with Crippen LogP contribution in [0, 0.1) is 0 Å². The van der Waals surface area contributed by atoms with Crippen LogP contribution in [-0.2, 0) is 9.59 Å². The molecule has 0 spiro atoms. The standard InChI is InChI=1S/C32H34N2O6/c1-3-33(4-2)16-9-17-34-29(22-10-8-13-25(20-22)40-24-11-6-5-7-12-24)28(31(36)32(34)37)30(35)23-14-15-26-27(21-23)39-19-18-38-26/h5-8,10-15,20-21,29,35H,3-4,9,16-19H2,1-2H3/t29-/m1/s1. The lowest BCUT2D eigenvalue weighted by Gasteiger charge is -2.27. The van der Waals surface area contributed by atoms with Gasteiger partial charge in [-0.05, 0) is 74.1 Å². The maximum atomic E-state index is 13.5. The molecule has 0 saturated carbocycles. The fourth-order valence-corrected chi connectivity index (χ4v) is 5.18. The summed E-state index contributed by atoms with van der Waals surface area (Å²) in [4.78, 5) is 30.7. The molecule has 3 aromatic rings. The minimum absolute atomic E-state index is 0.0429. The molecule has 1 amide bonds. The molecule has 0 unspecified atom stereocenters. The van der Waals surface area contributed by atoms with E-state index in [1.807, 2.05) is 54.6 Å². The number of Topliss-reactive ketones (excluding diaryl/α,β-unsaturated/α-hetero) is 1. The number of amides is 1. The Balaban J connectivity index is 1.54. The maximum absolute atomic E-state index is 13.5. The molecule has 2 heterocycles. The summed E-state index contributed by atoms with van der Waals surface area (Å²) in [6.07, 6.45) is 0.690. The number of fused-ring (bicyclic) bond motifs is 1. The van der Waals surface area contributed by atoms with E-state index < -0.39 is 17.7 Å². The predicted octanol–water partition coefficient (Wildman–Crippen LogP) is 5.40. The molecule has 40 heavy (non-hydrogen) atoms. The van der Waals surface area contributed by atoms with Crippen LogP contribution in [0.4, 0.5) is 0 Å². The van der Waals surface area contributed by atoms with Crippen LogP contribution in [0.15, 0.2) is 78.4 Å². The highest BCUT2D eigenvalue weighted by molar-refractivity contribution is 6.46. The van der Waals surface area contributed by atoms with E-state index in [1.165, 1.54) is 0 Å². The number of benzene rings is 3. The Kier molecular flexibility index (Phi) is 8.36. The second-order valence-corrected chi connectivity index (χ2v) is 9.72. The molecule has 1 saturated heterocycles. The molecule has 8 nitrogen and oxygen atoms in total. The number of nitrogens with zero attached hydrogens (tertiary/aromatic N) is 2. The molecule has 1 atom stereocenters. The number of para-hydroxylation sites is 1. The zero-order valence-electron chi connectivity index (χ0n) is 22.8. The number of aliphatic hydroxyl groups excluding tert-OH is 1. The molecule has 0 bridgehead atoms. The number of carbonyl (C=O) groups excluding carboxylic acids is 2. The molecule has 2 aliphatic heterocycles. The summed E-state index contributed by atoms with van der Waals surface area (Å²) in [5.74, 6) is 0.704. The summed E-state index contributed by atoms with van der Waals surface area (Å²) in [6.45, 7) is 8.00. The second kappa shape index (κ2) is 12.3. The Hall–Kier alpha value is -4.30. The highest BCUT2D eigenvalue weighted by Gasteiger charge is 2.46. The lowest BCUT2D eigenvalue weighted by molar-refractivity contribution is -0.140. The second-order valence-electron chi connectivity index (χ2n) is 9.72. The van der Waals surface area contributed by atoms with E-state index in [0.29, 0.717) is 60.3 Å². The molecule has 0 aliphatic carbocycles. The van der Waals surface area contributed by atoms with Crippen molar-refractivity contribution in [2.45, 2.75) is 26.3 Å². The van der Waals surface area contributed by atoms with E-state index in [2.05, 4.69) is 18.7 Å². The van der Waals surface area contributed by atoms with Crippen molar-refractivity contribution < 1.29 is 28.9 Å². The van der Waals surface area contributed by atoms with E-state index in [-0.39, 0.29) is 11.3 Å². The molecule has 0 aromatic heterocycles. The van der Waals surface area contributed by atoms with Gasteiger partial charge in [0.1, 0.15) is 30.5 Å². The quantitative estimate of drug-likeness (QED) is 0.208. The summed E-state index contributed by atoms with van der Waals surface area (Å²) < 4.78 is 17.3. The van der Waals surface area contributed by atoms with Crippen molar-refractivity contribution in [3.8, 4) is 23.0 Å². The van der Waals surface area contributed by atoms with Crippen molar-refractivity contribution in [1.82, 2.24) is 9.80 Å². The van der Waals surface area contributed by atoms with Crippen molar-refractivity contribution in [3.63, 3.8) is 0 Å². The third kappa shape index (κ3) is 5.67. The van der Waals surface area contributed by atoms with E-state index in [0.717, 1.165) is 19.6 Å². The van der Waals surface area contributed by atoms with Crippen molar-refractivity contribution in [2.75, 3.05) is 39.4 Å². The SMILES string of the molecule is CCN(CC)CCCN1C(=O)C(=O)C(=C(O)c2ccc3c(c2)OCCO3)[C@H]1c1cccc(Oc2ccccc2)c1. The first-order chi connectivity index (χ1) is 19.5. The topological polar surface area (TPSA) is 88.5 Å². The highest BCUT2D eigenvalue weighted by Crippen LogP contribution is 2.42. The predicted molar refractivity (Wildman–Crippen MR) is 152 cm³/mol. The average Bonchev–Trinajstić information content (AvgIpc) is 3.24. The minimum atomic E-state index is -0.774. The normalized spacial score (nSPS) is 17.9. The molecule has 3 aromatic carbocycles. The summed E-state index contributed by atoms with van der Waals surface area (Å²) in [5.41, 5.74) is 1.10. The third-order valence-electron chi connectivity index (χ3n) is 7.28. The minimum Gasteiger partial charge on any atom is -0.507 e. The Morgan fingerprint density at radius 2 is 1.65 bits per heavy atom. The van der Waals surface area contributed by atoms with Crippen LogP contribution in [0.5, 0.6) is 23.0 Å². The lowest BCUT2D eigenvalue weighted by atomic mass is 9.95. The van der Waals surface area contributed by atoms with Crippen LogP contribution in [0.25, 0.3) is 5.76 Å². The molecular weight excluding hydrogens is 508 g/mol. The van der Waals surface area contributed by atoms with Gasteiger partial charge in [-0.3, -0.25) is 9.59 Å². The van der Waals surface area contributed by atoms with Crippen LogP contribution in [0.2, 0.25) is 0 Å². The van der Waals surface area contributed by atoms with Gasteiger partial charge in [0.2, 0.25) is 0 Å². The summed E-state index contributed by atoms with van der Waals surface area (Å²) in [6, 6.07) is 20.9. The third-order valence-corrected chi connectivity index (χ3v) is 7.28. The number of hydrogen-bond donors (Lipinski definition) is 1. The summed E-state index contributed by atoms with van der Waals surface area (Å²) in [7, 11) is 0. The zero-order chi connectivity index (χ0) is 28.1. The van der Waals surface area contributed by atoms with E-state index in [4.69, 9.17) is 14.2 Å². The van der Waals surface area contributed by atoms with Gasteiger partial charge < -0.3 is 29.1 Å². The number of carbonyl (C=O) groups is 2. The number of hydrogen-bond acceptors (Lipinski definition) is 7. The lowest BCUT2D eigenvalue weighted by Crippen LogP contribution is -2.33. The van der Waals surface area contributed by atoms with Gasteiger partial charge in [-0.25, -0.2) is 0 Å².